The lowest BCUT2D eigenvalue weighted by Crippen LogP contribution is -2.53. The van der Waals surface area contributed by atoms with Crippen molar-refractivity contribution in [2.24, 2.45) is 5.92 Å². The fourth-order valence-electron chi connectivity index (χ4n) is 5.10. The molecule has 3 aliphatic rings. The topological polar surface area (TPSA) is 50.2 Å². The Kier molecular flexibility index (Phi) is 4.56. The molecule has 1 saturated heterocycles. The average molecular weight is 385 g/mol. The monoisotopic (exact) mass is 384 g/mol. The Morgan fingerprint density at radius 1 is 1.22 bits per heavy atom. The minimum Gasteiger partial charge on any atom is -0.352 e. The van der Waals surface area contributed by atoms with Crippen molar-refractivity contribution >= 4 is 17.2 Å². The lowest BCUT2D eigenvalue weighted by atomic mass is 9.81. The number of rotatable bonds is 4. The summed E-state index contributed by atoms with van der Waals surface area (Å²) in [5.74, 6) is 0.927. The Hall–Kier alpha value is -1.66. The van der Waals surface area contributed by atoms with Crippen LogP contribution >= 0.6 is 11.3 Å². The van der Waals surface area contributed by atoms with E-state index in [4.69, 9.17) is 0 Å². The normalized spacial score (nSPS) is 26.5. The number of thiophene rings is 1. The lowest BCUT2D eigenvalue weighted by molar-refractivity contribution is 0.0287. The zero-order valence-electron chi connectivity index (χ0n) is 16.0. The number of fused-ring (bicyclic) bond motifs is 1. The molecule has 1 aliphatic carbocycles. The number of hydrogen-bond acceptors (Lipinski definition) is 4. The van der Waals surface area contributed by atoms with E-state index in [2.05, 4.69) is 33.1 Å². The van der Waals surface area contributed by atoms with Crippen molar-refractivity contribution in [3.63, 3.8) is 0 Å². The minimum absolute atomic E-state index is 0.143. The number of nitrogens with zero attached hydrogens (tertiary/aromatic N) is 3. The molecule has 1 saturated carbocycles. The SMILES string of the molecule is Cc1c(CC2CCC(N3CC(n4cccn4)C3)CC2)sc2c1C(=O)NCC2. The van der Waals surface area contributed by atoms with Gasteiger partial charge < -0.3 is 5.32 Å². The summed E-state index contributed by atoms with van der Waals surface area (Å²) in [6, 6.07) is 3.35. The van der Waals surface area contributed by atoms with E-state index >= 15 is 0 Å². The molecule has 4 heterocycles. The summed E-state index contributed by atoms with van der Waals surface area (Å²) in [6.45, 7) is 5.26. The smallest absolute Gasteiger partial charge is 0.252 e. The van der Waals surface area contributed by atoms with Crippen molar-refractivity contribution in [2.75, 3.05) is 19.6 Å². The highest BCUT2D eigenvalue weighted by Crippen LogP contribution is 2.37. The van der Waals surface area contributed by atoms with Crippen molar-refractivity contribution in [3.8, 4) is 0 Å². The van der Waals surface area contributed by atoms with Gasteiger partial charge in [0.15, 0.2) is 0 Å². The second kappa shape index (κ2) is 7.06. The number of hydrogen-bond donors (Lipinski definition) is 1. The maximum Gasteiger partial charge on any atom is 0.252 e. The van der Waals surface area contributed by atoms with Crippen LogP contribution < -0.4 is 5.32 Å². The average Bonchev–Trinajstić information content (AvgIpc) is 3.25. The highest BCUT2D eigenvalue weighted by atomic mass is 32.1. The molecule has 0 atom stereocenters. The van der Waals surface area contributed by atoms with E-state index in [0.717, 1.165) is 43.6 Å². The van der Waals surface area contributed by atoms with Crippen LogP contribution in [0.4, 0.5) is 0 Å². The van der Waals surface area contributed by atoms with Crippen molar-refractivity contribution < 1.29 is 4.79 Å². The molecule has 6 heteroatoms. The highest BCUT2D eigenvalue weighted by Gasteiger charge is 2.36. The molecule has 2 fully saturated rings. The van der Waals surface area contributed by atoms with Gasteiger partial charge >= 0.3 is 0 Å². The summed E-state index contributed by atoms with van der Waals surface area (Å²) >= 11 is 1.90. The zero-order chi connectivity index (χ0) is 18.4. The number of carbonyl (C=O) groups excluding carboxylic acids is 1. The Morgan fingerprint density at radius 2 is 2.04 bits per heavy atom. The summed E-state index contributed by atoms with van der Waals surface area (Å²) in [5, 5.41) is 7.38. The Bertz CT molecular complexity index is 814. The van der Waals surface area contributed by atoms with E-state index in [-0.39, 0.29) is 5.91 Å². The second-order valence-electron chi connectivity index (χ2n) is 8.43. The van der Waals surface area contributed by atoms with E-state index in [1.165, 1.54) is 47.4 Å². The van der Waals surface area contributed by atoms with Gasteiger partial charge in [0.25, 0.3) is 5.91 Å². The van der Waals surface area contributed by atoms with Crippen LogP contribution in [-0.4, -0.2) is 46.3 Å². The van der Waals surface area contributed by atoms with E-state index in [1.807, 2.05) is 23.6 Å². The summed E-state index contributed by atoms with van der Waals surface area (Å²) in [4.78, 5) is 17.6. The van der Waals surface area contributed by atoms with Gasteiger partial charge in [-0.3, -0.25) is 14.4 Å². The number of aromatic nitrogens is 2. The molecule has 0 spiro atoms. The molecular formula is C21H28N4OS. The molecule has 0 radical (unpaired) electrons. The number of likely N-dealkylation sites (tertiary alicyclic amines) is 1. The van der Waals surface area contributed by atoms with Crippen LogP contribution in [0.2, 0.25) is 0 Å². The first-order valence-electron chi connectivity index (χ1n) is 10.3. The third-order valence-corrected chi connectivity index (χ3v) is 8.15. The van der Waals surface area contributed by atoms with E-state index in [1.54, 1.807) is 0 Å². The predicted octanol–water partition coefficient (Wildman–Crippen LogP) is 3.20. The van der Waals surface area contributed by atoms with Gasteiger partial charge in [0.1, 0.15) is 0 Å². The molecule has 0 bridgehead atoms. The Morgan fingerprint density at radius 3 is 2.74 bits per heavy atom. The Labute approximate surface area is 164 Å². The van der Waals surface area contributed by atoms with Gasteiger partial charge in [-0.05, 0) is 63.0 Å². The molecule has 1 N–H and O–H groups in total. The van der Waals surface area contributed by atoms with Gasteiger partial charge in [0.05, 0.1) is 11.6 Å². The molecule has 27 heavy (non-hydrogen) atoms. The van der Waals surface area contributed by atoms with Gasteiger partial charge in [-0.25, -0.2) is 0 Å². The Balaban J connectivity index is 1.15. The standard InChI is InChI=1S/C21H28N4OS/c1-14-19(27-18-7-9-22-21(26)20(14)18)11-15-3-5-16(6-4-15)24-12-17(13-24)25-10-2-8-23-25/h2,8,10,15-17H,3-7,9,11-13H2,1H3,(H,22,26). The molecule has 5 nitrogen and oxygen atoms in total. The lowest BCUT2D eigenvalue weighted by Gasteiger charge is -2.46. The largest absolute Gasteiger partial charge is 0.352 e. The molecular weight excluding hydrogens is 356 g/mol. The van der Waals surface area contributed by atoms with Gasteiger partial charge in [0, 0.05) is 47.8 Å². The van der Waals surface area contributed by atoms with Crippen molar-refractivity contribution in [2.45, 2.75) is 57.5 Å². The van der Waals surface area contributed by atoms with Crippen LogP contribution in [0.15, 0.2) is 18.5 Å². The van der Waals surface area contributed by atoms with Crippen LogP contribution in [0, 0.1) is 12.8 Å². The van der Waals surface area contributed by atoms with Gasteiger partial charge in [0.2, 0.25) is 0 Å². The third-order valence-electron chi connectivity index (χ3n) is 6.78. The van der Waals surface area contributed by atoms with Crippen LogP contribution in [0.3, 0.4) is 0 Å². The number of amides is 1. The van der Waals surface area contributed by atoms with Crippen molar-refractivity contribution in [3.05, 3.63) is 39.3 Å². The zero-order valence-corrected chi connectivity index (χ0v) is 16.8. The van der Waals surface area contributed by atoms with Crippen molar-refractivity contribution in [1.82, 2.24) is 20.0 Å². The maximum absolute atomic E-state index is 12.2. The summed E-state index contributed by atoms with van der Waals surface area (Å²) < 4.78 is 2.11. The van der Waals surface area contributed by atoms with Gasteiger partial charge in [-0.1, -0.05) is 0 Å². The molecule has 0 unspecified atom stereocenters. The fourth-order valence-corrected chi connectivity index (χ4v) is 6.52. The summed E-state index contributed by atoms with van der Waals surface area (Å²) in [5.41, 5.74) is 2.24. The second-order valence-corrected chi connectivity index (χ2v) is 9.62. The number of nitrogens with one attached hydrogen (secondary N) is 1. The van der Waals surface area contributed by atoms with Crippen LogP contribution in [-0.2, 0) is 12.8 Å². The van der Waals surface area contributed by atoms with Crippen LogP contribution in [0.1, 0.15) is 57.4 Å². The highest BCUT2D eigenvalue weighted by molar-refractivity contribution is 7.12. The van der Waals surface area contributed by atoms with E-state index in [9.17, 15) is 4.79 Å². The van der Waals surface area contributed by atoms with Gasteiger partial charge in [-0.15, -0.1) is 11.3 Å². The third kappa shape index (κ3) is 3.23. The van der Waals surface area contributed by atoms with Crippen molar-refractivity contribution in [1.29, 1.82) is 0 Å². The molecule has 0 aromatic carbocycles. The van der Waals surface area contributed by atoms with Gasteiger partial charge in [-0.2, -0.15) is 5.10 Å². The van der Waals surface area contributed by atoms with Crippen LogP contribution in [0.5, 0.6) is 0 Å². The molecule has 2 aliphatic heterocycles. The quantitative estimate of drug-likeness (QED) is 0.881. The molecule has 5 rings (SSSR count). The minimum atomic E-state index is 0.143. The van der Waals surface area contributed by atoms with E-state index < -0.39 is 0 Å². The molecule has 144 valence electrons. The summed E-state index contributed by atoms with van der Waals surface area (Å²) in [6.07, 6.45) is 11.4. The first-order valence-corrected chi connectivity index (χ1v) is 11.1. The first-order chi connectivity index (χ1) is 13.2. The number of carbonyl (C=O) groups is 1. The van der Waals surface area contributed by atoms with E-state index in [0.29, 0.717) is 6.04 Å². The predicted molar refractivity (Wildman–Crippen MR) is 107 cm³/mol. The first kappa shape index (κ1) is 17.4. The van der Waals surface area contributed by atoms with Crippen LogP contribution in [0.25, 0.3) is 0 Å². The maximum atomic E-state index is 12.2. The summed E-state index contributed by atoms with van der Waals surface area (Å²) in [7, 11) is 0. The molecule has 1 amide bonds. The molecule has 2 aromatic rings. The fraction of sp³-hybridized carbons (Fsp3) is 0.619. The molecule has 2 aromatic heterocycles.